The lowest BCUT2D eigenvalue weighted by molar-refractivity contribution is 0.306. The van der Waals surface area contributed by atoms with E-state index in [0.717, 1.165) is 22.6 Å². The van der Waals surface area contributed by atoms with Crippen molar-refractivity contribution in [2.75, 3.05) is 5.32 Å². The molecule has 3 aromatic carbocycles. The van der Waals surface area contributed by atoms with Crippen molar-refractivity contribution < 1.29 is 4.74 Å². The molecule has 0 aliphatic rings. The molecule has 0 fully saturated rings. The summed E-state index contributed by atoms with van der Waals surface area (Å²) < 4.78 is 5.91. The van der Waals surface area contributed by atoms with E-state index in [4.69, 9.17) is 17.0 Å². The zero-order chi connectivity index (χ0) is 18.0. The van der Waals surface area contributed by atoms with Gasteiger partial charge in [0.15, 0.2) is 5.11 Å². The molecule has 4 nitrogen and oxygen atoms in total. The molecule has 26 heavy (non-hydrogen) atoms. The maximum atomic E-state index is 5.91. The maximum Gasteiger partial charge on any atom is 0.191 e. The predicted molar refractivity (Wildman–Crippen MR) is 111 cm³/mol. The fourth-order valence-corrected chi connectivity index (χ4v) is 2.47. The average Bonchev–Trinajstić information content (AvgIpc) is 2.69. The van der Waals surface area contributed by atoms with E-state index in [-0.39, 0.29) is 0 Å². The van der Waals surface area contributed by atoms with Crippen molar-refractivity contribution in [3.63, 3.8) is 0 Å². The van der Waals surface area contributed by atoms with E-state index >= 15 is 0 Å². The van der Waals surface area contributed by atoms with Gasteiger partial charge in [0.2, 0.25) is 0 Å². The smallest absolute Gasteiger partial charge is 0.191 e. The highest BCUT2D eigenvalue weighted by molar-refractivity contribution is 7.80. The second-order valence-electron chi connectivity index (χ2n) is 5.50. The van der Waals surface area contributed by atoms with E-state index in [1.54, 1.807) is 6.21 Å². The van der Waals surface area contributed by atoms with Gasteiger partial charge in [-0.15, -0.1) is 0 Å². The molecule has 0 heterocycles. The third-order valence-corrected chi connectivity index (χ3v) is 3.75. The summed E-state index contributed by atoms with van der Waals surface area (Å²) in [6.07, 6.45) is 1.69. The lowest BCUT2D eigenvalue weighted by Gasteiger charge is -2.09. The van der Waals surface area contributed by atoms with E-state index < -0.39 is 0 Å². The van der Waals surface area contributed by atoms with Crippen LogP contribution < -0.4 is 15.5 Å². The van der Waals surface area contributed by atoms with Crippen LogP contribution in [0, 0.1) is 0 Å². The first-order valence-corrected chi connectivity index (χ1v) is 8.63. The number of hydrazone groups is 1. The lowest BCUT2D eigenvalue weighted by atomic mass is 10.2. The Morgan fingerprint density at radius 3 is 2.31 bits per heavy atom. The number of anilines is 1. The third kappa shape index (κ3) is 5.43. The van der Waals surface area contributed by atoms with Gasteiger partial charge in [0.05, 0.1) is 6.21 Å². The molecule has 0 saturated heterocycles. The number of nitrogens with zero attached hydrogens (tertiary/aromatic N) is 1. The zero-order valence-electron chi connectivity index (χ0n) is 14.1. The monoisotopic (exact) mass is 361 g/mol. The van der Waals surface area contributed by atoms with Crippen molar-refractivity contribution in [3.8, 4) is 5.75 Å². The van der Waals surface area contributed by atoms with Gasteiger partial charge < -0.3 is 10.1 Å². The summed E-state index contributed by atoms with van der Waals surface area (Å²) in [7, 11) is 0. The van der Waals surface area contributed by atoms with Crippen LogP contribution in [0.15, 0.2) is 90.0 Å². The van der Waals surface area contributed by atoms with E-state index in [1.165, 1.54) is 0 Å². The molecule has 3 rings (SSSR count). The van der Waals surface area contributed by atoms with Gasteiger partial charge in [0.1, 0.15) is 12.4 Å². The van der Waals surface area contributed by atoms with Gasteiger partial charge in [-0.1, -0.05) is 60.7 Å². The molecule has 0 radical (unpaired) electrons. The number of benzene rings is 3. The molecule has 3 aromatic rings. The number of nitrogens with one attached hydrogen (secondary N) is 2. The van der Waals surface area contributed by atoms with E-state index in [0.29, 0.717) is 11.7 Å². The summed E-state index contributed by atoms with van der Waals surface area (Å²) in [5.74, 6) is 0.767. The molecular weight excluding hydrogens is 342 g/mol. The van der Waals surface area contributed by atoms with Crippen molar-refractivity contribution in [2.45, 2.75) is 6.61 Å². The Labute approximate surface area is 158 Å². The van der Waals surface area contributed by atoms with Crippen LogP contribution in [0.1, 0.15) is 11.1 Å². The number of ether oxygens (including phenoxy) is 1. The van der Waals surface area contributed by atoms with Crippen LogP contribution in [-0.4, -0.2) is 11.3 Å². The zero-order valence-corrected chi connectivity index (χ0v) is 14.9. The third-order valence-electron chi connectivity index (χ3n) is 3.56. The van der Waals surface area contributed by atoms with Gasteiger partial charge >= 0.3 is 0 Å². The van der Waals surface area contributed by atoms with E-state index in [2.05, 4.69) is 15.8 Å². The van der Waals surface area contributed by atoms with Gasteiger partial charge in [-0.25, -0.2) is 0 Å². The Morgan fingerprint density at radius 2 is 1.54 bits per heavy atom. The summed E-state index contributed by atoms with van der Waals surface area (Å²) in [6, 6.07) is 27.5. The van der Waals surface area contributed by atoms with Crippen LogP contribution in [-0.2, 0) is 6.61 Å². The number of thiocarbonyl (C=S) groups is 1. The molecule has 0 aromatic heterocycles. The molecule has 130 valence electrons. The van der Waals surface area contributed by atoms with Crippen LogP contribution in [0.4, 0.5) is 5.69 Å². The Kier molecular flexibility index (Phi) is 6.34. The summed E-state index contributed by atoms with van der Waals surface area (Å²) in [5, 5.41) is 7.69. The second kappa shape index (κ2) is 9.34. The molecule has 0 amide bonds. The predicted octanol–water partition coefficient (Wildman–Crippen LogP) is 4.59. The molecule has 0 aliphatic carbocycles. The Hall–Kier alpha value is -3.18. The minimum atomic E-state index is 0.426. The van der Waals surface area contributed by atoms with Gasteiger partial charge in [0, 0.05) is 11.3 Å². The number of rotatable bonds is 6. The standard InChI is InChI=1S/C21H19N3OS/c26-21(23-19-12-5-2-6-13-19)24-22-15-18-11-7-8-14-20(18)25-16-17-9-3-1-4-10-17/h1-15H,16H2,(H2,23,24,26)/b22-15-. The van der Waals surface area contributed by atoms with E-state index in [1.807, 2.05) is 84.9 Å². The van der Waals surface area contributed by atoms with Crippen LogP contribution in [0.2, 0.25) is 0 Å². The summed E-state index contributed by atoms with van der Waals surface area (Å²) >= 11 is 5.23. The van der Waals surface area contributed by atoms with Crippen LogP contribution >= 0.6 is 12.2 Å². The number of hydrogen-bond donors (Lipinski definition) is 2. The molecule has 0 unspecified atom stereocenters. The SMILES string of the molecule is S=C(N/N=C\c1ccccc1OCc1ccccc1)Nc1ccccc1. The topological polar surface area (TPSA) is 45.7 Å². The normalized spacial score (nSPS) is 10.5. The van der Waals surface area contributed by atoms with Gasteiger partial charge in [-0.05, 0) is 42.0 Å². The van der Waals surface area contributed by atoms with Crippen molar-refractivity contribution >= 4 is 29.2 Å². The highest BCUT2D eigenvalue weighted by Gasteiger charge is 2.01. The Morgan fingerprint density at radius 1 is 0.885 bits per heavy atom. The molecule has 0 saturated carbocycles. The first-order chi connectivity index (χ1) is 12.8. The molecule has 0 aliphatic heterocycles. The lowest BCUT2D eigenvalue weighted by Crippen LogP contribution is -2.23. The fourth-order valence-electron chi connectivity index (χ4n) is 2.29. The fraction of sp³-hybridized carbons (Fsp3) is 0.0476. The van der Waals surface area contributed by atoms with Crippen LogP contribution in [0.5, 0.6) is 5.75 Å². The molecule has 0 atom stereocenters. The second-order valence-corrected chi connectivity index (χ2v) is 5.91. The van der Waals surface area contributed by atoms with Crippen LogP contribution in [0.3, 0.4) is 0 Å². The van der Waals surface area contributed by atoms with Crippen molar-refractivity contribution in [1.29, 1.82) is 0 Å². The van der Waals surface area contributed by atoms with Gasteiger partial charge in [-0.2, -0.15) is 5.10 Å². The van der Waals surface area contributed by atoms with Gasteiger partial charge in [0.25, 0.3) is 0 Å². The highest BCUT2D eigenvalue weighted by Crippen LogP contribution is 2.17. The Balaban J connectivity index is 1.57. The summed E-state index contributed by atoms with van der Waals surface area (Å²) in [5.41, 5.74) is 5.71. The van der Waals surface area contributed by atoms with Crippen LogP contribution in [0.25, 0.3) is 0 Å². The minimum absolute atomic E-state index is 0.426. The van der Waals surface area contributed by atoms with Crippen molar-refractivity contribution in [1.82, 2.24) is 5.43 Å². The summed E-state index contributed by atoms with van der Waals surface area (Å²) in [4.78, 5) is 0. The largest absolute Gasteiger partial charge is 0.488 e. The minimum Gasteiger partial charge on any atom is -0.488 e. The molecule has 0 bridgehead atoms. The molecule has 5 heteroatoms. The number of hydrogen-bond acceptors (Lipinski definition) is 3. The molecule has 0 spiro atoms. The molecular formula is C21H19N3OS. The number of para-hydroxylation sites is 2. The highest BCUT2D eigenvalue weighted by atomic mass is 32.1. The average molecular weight is 361 g/mol. The molecule has 2 N–H and O–H groups in total. The van der Waals surface area contributed by atoms with Crippen molar-refractivity contribution in [3.05, 3.63) is 96.1 Å². The van der Waals surface area contributed by atoms with E-state index in [9.17, 15) is 0 Å². The maximum absolute atomic E-state index is 5.91. The first kappa shape index (κ1) is 17.6. The van der Waals surface area contributed by atoms with Crippen molar-refractivity contribution in [2.24, 2.45) is 5.10 Å². The Bertz CT molecular complexity index is 867. The quantitative estimate of drug-likeness (QED) is 0.383. The van der Waals surface area contributed by atoms with Gasteiger partial charge in [-0.3, -0.25) is 5.43 Å². The first-order valence-electron chi connectivity index (χ1n) is 8.22. The summed E-state index contributed by atoms with van der Waals surface area (Å²) in [6.45, 7) is 0.507.